The molecule has 116 valence electrons. The summed E-state index contributed by atoms with van der Waals surface area (Å²) >= 11 is 0. The van der Waals surface area contributed by atoms with E-state index in [1.54, 1.807) is 14.2 Å². The first kappa shape index (κ1) is 20.7. The molecule has 0 rings (SSSR count). The van der Waals surface area contributed by atoms with Crippen molar-refractivity contribution in [2.24, 2.45) is 0 Å². The zero-order valence-corrected chi connectivity index (χ0v) is 13.1. The van der Waals surface area contributed by atoms with Gasteiger partial charge in [-0.1, -0.05) is 32.6 Å². The van der Waals surface area contributed by atoms with Gasteiger partial charge in [0.15, 0.2) is 0 Å². The predicted molar refractivity (Wildman–Crippen MR) is 77.1 cm³/mol. The first-order chi connectivity index (χ1) is 8.97. The van der Waals surface area contributed by atoms with Gasteiger partial charge in [0.2, 0.25) is 0 Å². The summed E-state index contributed by atoms with van der Waals surface area (Å²) in [6, 6.07) is 0. The fourth-order valence-electron chi connectivity index (χ4n) is 1.35. The van der Waals surface area contributed by atoms with Crippen molar-refractivity contribution in [1.29, 1.82) is 0 Å². The number of ether oxygens (including phenoxy) is 2. The fourth-order valence-corrected chi connectivity index (χ4v) is 1.35. The second-order valence-electron chi connectivity index (χ2n) is 4.48. The number of carboxylic acid groups (broad SMARTS) is 1. The lowest BCUT2D eigenvalue weighted by Gasteiger charge is -2.16. The molecule has 0 aromatic rings. The highest BCUT2D eigenvalue weighted by molar-refractivity contribution is 5.66. The number of hydrogen-bond donors (Lipinski definition) is 2. The average Bonchev–Trinajstić information content (AvgIpc) is 2.38. The minimum absolute atomic E-state index is 0.0555. The maximum atomic E-state index is 10.0. The smallest absolute Gasteiger partial charge is 0.303 e. The summed E-state index contributed by atoms with van der Waals surface area (Å²) in [6.45, 7) is 6.00. The lowest BCUT2D eigenvalue weighted by molar-refractivity contribution is -0.137. The molecule has 0 aliphatic carbocycles. The van der Waals surface area contributed by atoms with Crippen molar-refractivity contribution in [3.05, 3.63) is 0 Å². The molecule has 0 aromatic carbocycles. The molecule has 0 radical (unpaired) electrons. The van der Waals surface area contributed by atoms with Crippen LogP contribution in [0.5, 0.6) is 0 Å². The Bertz CT molecular complexity index is 192. The van der Waals surface area contributed by atoms with Crippen LogP contribution in [0.1, 0.15) is 59.3 Å². The third kappa shape index (κ3) is 19.9. The van der Waals surface area contributed by atoms with E-state index < -0.39 is 5.97 Å². The summed E-state index contributed by atoms with van der Waals surface area (Å²) < 4.78 is 9.86. The van der Waals surface area contributed by atoms with Crippen molar-refractivity contribution < 1.29 is 19.4 Å². The largest absolute Gasteiger partial charge is 0.481 e. The molecule has 2 N–H and O–H groups in total. The van der Waals surface area contributed by atoms with E-state index in [-0.39, 0.29) is 12.5 Å². The molecule has 0 bridgehead atoms. The van der Waals surface area contributed by atoms with Gasteiger partial charge < -0.3 is 14.6 Å². The zero-order valence-electron chi connectivity index (χ0n) is 13.1. The summed E-state index contributed by atoms with van der Waals surface area (Å²) in [4.78, 5) is 10.0. The minimum atomic E-state index is -0.670. The van der Waals surface area contributed by atoms with Crippen LogP contribution in [0.2, 0.25) is 0 Å². The van der Waals surface area contributed by atoms with Gasteiger partial charge in [-0.15, -0.1) is 0 Å². The summed E-state index contributed by atoms with van der Waals surface area (Å²) in [7, 11) is 3.31. The zero-order chi connectivity index (χ0) is 15.1. The van der Waals surface area contributed by atoms with Crippen molar-refractivity contribution in [3.63, 3.8) is 0 Å². The number of methoxy groups -OCH3 is 2. The quantitative estimate of drug-likeness (QED) is 0.474. The van der Waals surface area contributed by atoms with Gasteiger partial charge >= 0.3 is 5.97 Å². The Morgan fingerprint density at radius 2 is 1.53 bits per heavy atom. The number of nitrogens with one attached hydrogen (secondary N) is 1. The monoisotopic (exact) mass is 277 g/mol. The van der Waals surface area contributed by atoms with Crippen LogP contribution in [-0.2, 0) is 14.3 Å². The third-order valence-corrected chi connectivity index (χ3v) is 2.67. The van der Waals surface area contributed by atoms with Gasteiger partial charge in [-0.3, -0.25) is 10.1 Å². The number of hydrogen-bond acceptors (Lipinski definition) is 4. The maximum Gasteiger partial charge on any atom is 0.303 e. The van der Waals surface area contributed by atoms with E-state index >= 15 is 0 Å². The van der Waals surface area contributed by atoms with E-state index in [2.05, 4.69) is 12.2 Å². The summed E-state index contributed by atoms with van der Waals surface area (Å²) in [6.07, 6.45) is 6.00. The molecule has 5 heteroatoms. The van der Waals surface area contributed by atoms with Crippen LogP contribution in [0.15, 0.2) is 0 Å². The van der Waals surface area contributed by atoms with Gasteiger partial charge in [-0.2, -0.15) is 0 Å². The van der Waals surface area contributed by atoms with Gasteiger partial charge in [-0.25, -0.2) is 0 Å². The van der Waals surface area contributed by atoms with Crippen LogP contribution in [0, 0.1) is 0 Å². The summed E-state index contributed by atoms with van der Waals surface area (Å²) in [5.41, 5.74) is 0. The van der Waals surface area contributed by atoms with Crippen LogP contribution in [0.25, 0.3) is 0 Å². The van der Waals surface area contributed by atoms with Gasteiger partial charge in [-0.05, 0) is 20.3 Å². The number of carbonyl (C=O) groups is 1. The van der Waals surface area contributed by atoms with Crippen molar-refractivity contribution in [1.82, 2.24) is 5.32 Å². The number of carboxylic acids is 1. The van der Waals surface area contributed by atoms with E-state index in [1.807, 2.05) is 13.8 Å². The first-order valence-electron chi connectivity index (χ1n) is 7.01. The molecular formula is C14H31NO4. The normalized spacial score (nSPS) is 13.3. The van der Waals surface area contributed by atoms with E-state index in [0.29, 0.717) is 6.42 Å². The minimum Gasteiger partial charge on any atom is -0.481 e. The molecule has 0 aliphatic heterocycles. The van der Waals surface area contributed by atoms with Gasteiger partial charge in [0, 0.05) is 20.6 Å². The van der Waals surface area contributed by atoms with Gasteiger partial charge in [0.25, 0.3) is 0 Å². The van der Waals surface area contributed by atoms with Gasteiger partial charge in [0.1, 0.15) is 12.5 Å². The van der Waals surface area contributed by atoms with E-state index in [0.717, 1.165) is 12.8 Å². The molecule has 0 fully saturated rings. The number of aliphatic carboxylic acids is 1. The van der Waals surface area contributed by atoms with Crippen LogP contribution in [0.3, 0.4) is 0 Å². The summed E-state index contributed by atoms with van der Waals surface area (Å²) in [5, 5.41) is 11.3. The Balaban J connectivity index is 0. The Hall–Kier alpha value is -0.650. The molecule has 2 unspecified atom stereocenters. The molecule has 5 nitrogen and oxygen atoms in total. The lowest BCUT2D eigenvalue weighted by Crippen LogP contribution is -2.36. The molecule has 19 heavy (non-hydrogen) atoms. The van der Waals surface area contributed by atoms with E-state index in [1.165, 1.54) is 19.3 Å². The Labute approximate surface area is 117 Å². The highest BCUT2D eigenvalue weighted by Crippen LogP contribution is 2.04. The van der Waals surface area contributed by atoms with Crippen molar-refractivity contribution in [2.75, 3.05) is 14.2 Å². The molecule has 0 saturated carbocycles. The molecule has 0 amide bonds. The lowest BCUT2D eigenvalue weighted by atomic mass is 10.1. The molecule has 2 atom stereocenters. The first-order valence-corrected chi connectivity index (χ1v) is 7.01. The topological polar surface area (TPSA) is 67.8 Å². The molecule has 0 aliphatic rings. The highest BCUT2D eigenvalue weighted by Gasteiger charge is 2.02. The van der Waals surface area contributed by atoms with E-state index in [9.17, 15) is 4.79 Å². The molecule has 0 aromatic heterocycles. The third-order valence-electron chi connectivity index (χ3n) is 2.67. The van der Waals surface area contributed by atoms with Crippen molar-refractivity contribution >= 4 is 5.97 Å². The highest BCUT2D eigenvalue weighted by atomic mass is 16.5. The van der Waals surface area contributed by atoms with Crippen molar-refractivity contribution in [2.45, 2.75) is 71.8 Å². The maximum absolute atomic E-state index is 10.0. The van der Waals surface area contributed by atoms with Crippen molar-refractivity contribution in [3.8, 4) is 0 Å². The average molecular weight is 277 g/mol. The second kappa shape index (κ2) is 15.4. The fraction of sp³-hybridized carbons (Fsp3) is 0.929. The Morgan fingerprint density at radius 1 is 1.05 bits per heavy atom. The van der Waals surface area contributed by atoms with Gasteiger partial charge in [0.05, 0.1) is 0 Å². The molecule has 0 heterocycles. The van der Waals surface area contributed by atoms with Crippen LogP contribution < -0.4 is 5.32 Å². The molecule has 0 spiro atoms. The van der Waals surface area contributed by atoms with E-state index in [4.69, 9.17) is 14.6 Å². The molecular weight excluding hydrogens is 246 g/mol. The molecule has 0 saturated heterocycles. The van der Waals surface area contributed by atoms with Crippen LogP contribution in [0.4, 0.5) is 0 Å². The number of rotatable bonds is 10. The Morgan fingerprint density at radius 3 is 1.89 bits per heavy atom. The Kier molecular flexibility index (Phi) is 16.8. The van der Waals surface area contributed by atoms with Crippen LogP contribution >= 0.6 is 0 Å². The standard InChI is InChI=1S/C8H16O2.C6H15NO2/c1-2-3-4-5-6-7-8(9)10;1-5(8-3)7-6(2)9-4/h2-7H2,1H3,(H,9,10);5-7H,1-4H3. The predicted octanol–water partition coefficient (Wildman–Crippen LogP) is 2.99. The van der Waals surface area contributed by atoms with Crippen LogP contribution in [-0.4, -0.2) is 37.8 Å². The second-order valence-corrected chi connectivity index (χ2v) is 4.48. The number of unbranched alkanes of at least 4 members (excludes halogenated alkanes) is 4. The SMILES string of the molecule is CCCCCCCC(=O)O.COC(C)NC(C)OC. The summed E-state index contributed by atoms with van der Waals surface area (Å²) in [5.74, 6) is -0.670.